The number of rotatable bonds is 2. The summed E-state index contributed by atoms with van der Waals surface area (Å²) >= 11 is 4.65. The van der Waals surface area contributed by atoms with Crippen LogP contribution in [0.1, 0.15) is 13.8 Å². The van der Waals surface area contributed by atoms with Gasteiger partial charge in [0.2, 0.25) is 0 Å². The summed E-state index contributed by atoms with van der Waals surface area (Å²) in [5.41, 5.74) is 5.18. The van der Waals surface area contributed by atoms with E-state index in [2.05, 4.69) is 30.4 Å². The van der Waals surface area contributed by atoms with Crippen molar-refractivity contribution in [2.75, 3.05) is 0 Å². The van der Waals surface area contributed by atoms with E-state index in [1.165, 1.54) is 6.08 Å². The first kappa shape index (κ1) is 14.3. The van der Waals surface area contributed by atoms with Gasteiger partial charge < -0.3 is 5.73 Å². The molecule has 0 fully saturated rings. The zero-order chi connectivity index (χ0) is 10.7. The third-order valence-electron chi connectivity index (χ3n) is 0.790. The van der Waals surface area contributed by atoms with Gasteiger partial charge in [0.1, 0.15) is 4.99 Å². The van der Waals surface area contributed by atoms with Crippen molar-refractivity contribution >= 4 is 23.0 Å². The maximum absolute atomic E-state index is 5.18. The summed E-state index contributed by atoms with van der Waals surface area (Å²) in [7, 11) is 0. The van der Waals surface area contributed by atoms with Crippen LogP contribution in [0.5, 0.6) is 0 Å². The molecule has 0 amide bonds. The minimum Gasteiger partial charge on any atom is -0.387 e. The number of amidine groups is 1. The minimum atomic E-state index is 0.435. The molecule has 0 bridgehead atoms. The number of nitrogens with zero attached hydrogens (tertiary/aromatic N) is 1. The fourth-order valence-corrected chi connectivity index (χ4v) is 0.500. The Kier molecular flexibility index (Phi) is 11.9. The lowest BCUT2D eigenvalue weighted by atomic mass is 10.5. The zero-order valence-corrected chi connectivity index (χ0v) is 8.97. The minimum absolute atomic E-state index is 0.435. The van der Waals surface area contributed by atoms with Crippen molar-refractivity contribution in [3.63, 3.8) is 0 Å². The number of allylic oxidation sites excluding steroid dienone is 3. The summed E-state index contributed by atoms with van der Waals surface area (Å²) in [5.74, 6) is 0.468. The van der Waals surface area contributed by atoms with Crippen molar-refractivity contribution in [1.29, 1.82) is 0 Å². The van der Waals surface area contributed by atoms with Gasteiger partial charge in [-0.2, -0.15) is 0 Å². The van der Waals surface area contributed by atoms with Crippen LogP contribution in [0.2, 0.25) is 0 Å². The Morgan fingerprint density at radius 3 is 2.08 bits per heavy atom. The maximum atomic E-state index is 5.18. The lowest BCUT2D eigenvalue weighted by molar-refractivity contribution is 1.56. The molecule has 0 atom stereocenters. The van der Waals surface area contributed by atoms with E-state index in [9.17, 15) is 0 Å². The van der Waals surface area contributed by atoms with E-state index in [4.69, 9.17) is 5.73 Å². The maximum Gasteiger partial charge on any atom is 0.127 e. The third-order valence-corrected chi connectivity index (χ3v) is 1.05. The second kappa shape index (κ2) is 10.8. The SMILES string of the molecule is C=C/C=C\C.C=CC(=S)N=C(C)N. The van der Waals surface area contributed by atoms with Crippen LogP contribution < -0.4 is 5.73 Å². The van der Waals surface area contributed by atoms with Gasteiger partial charge in [-0.3, -0.25) is 0 Å². The molecular formula is C10H16N2S. The van der Waals surface area contributed by atoms with Gasteiger partial charge >= 0.3 is 0 Å². The van der Waals surface area contributed by atoms with E-state index >= 15 is 0 Å². The summed E-state index contributed by atoms with van der Waals surface area (Å²) in [5, 5.41) is 0. The predicted octanol–water partition coefficient (Wildman–Crippen LogP) is 2.63. The normalized spacial score (nSPS) is 10.2. The quantitative estimate of drug-likeness (QED) is 0.242. The molecule has 0 aromatic carbocycles. The van der Waals surface area contributed by atoms with E-state index in [-0.39, 0.29) is 0 Å². The predicted molar refractivity (Wildman–Crippen MR) is 65.1 cm³/mol. The highest BCUT2D eigenvalue weighted by molar-refractivity contribution is 7.80. The average Bonchev–Trinajstić information content (AvgIpc) is 2.06. The van der Waals surface area contributed by atoms with Gasteiger partial charge in [-0.05, 0) is 19.9 Å². The molecule has 0 aliphatic carbocycles. The van der Waals surface area contributed by atoms with Crippen molar-refractivity contribution in [3.05, 3.63) is 37.5 Å². The molecule has 0 unspecified atom stereocenters. The van der Waals surface area contributed by atoms with Crippen LogP contribution >= 0.6 is 12.2 Å². The molecule has 0 aromatic rings. The highest BCUT2D eigenvalue weighted by atomic mass is 32.1. The molecule has 0 heterocycles. The van der Waals surface area contributed by atoms with Crippen molar-refractivity contribution in [2.24, 2.45) is 10.7 Å². The van der Waals surface area contributed by atoms with Crippen LogP contribution in [-0.2, 0) is 0 Å². The second-order valence-electron chi connectivity index (χ2n) is 2.06. The first-order valence-electron chi connectivity index (χ1n) is 3.79. The molecule has 3 heteroatoms. The zero-order valence-electron chi connectivity index (χ0n) is 8.16. The van der Waals surface area contributed by atoms with Crippen molar-refractivity contribution in [2.45, 2.75) is 13.8 Å². The number of thiocarbonyl (C=S) groups is 1. The van der Waals surface area contributed by atoms with Gasteiger partial charge in [-0.15, -0.1) is 0 Å². The number of hydrogen-bond donors (Lipinski definition) is 1. The topological polar surface area (TPSA) is 38.4 Å². The van der Waals surface area contributed by atoms with Gasteiger partial charge in [-0.25, -0.2) is 4.99 Å². The van der Waals surface area contributed by atoms with E-state index in [1.807, 2.05) is 19.1 Å². The van der Waals surface area contributed by atoms with E-state index in [1.54, 1.807) is 13.0 Å². The summed E-state index contributed by atoms with van der Waals surface area (Å²) in [6, 6.07) is 0. The molecule has 72 valence electrons. The van der Waals surface area contributed by atoms with Gasteiger partial charge in [-0.1, -0.05) is 43.6 Å². The summed E-state index contributed by atoms with van der Waals surface area (Å²) in [6.07, 6.45) is 7.05. The van der Waals surface area contributed by atoms with Crippen molar-refractivity contribution in [1.82, 2.24) is 0 Å². The summed E-state index contributed by atoms with van der Waals surface area (Å²) in [4.78, 5) is 4.14. The van der Waals surface area contributed by atoms with Gasteiger partial charge in [0.05, 0.1) is 5.84 Å². The Hall–Kier alpha value is -1.22. The average molecular weight is 196 g/mol. The molecule has 0 rings (SSSR count). The van der Waals surface area contributed by atoms with Gasteiger partial charge in [0.25, 0.3) is 0 Å². The summed E-state index contributed by atoms with van der Waals surface area (Å²) < 4.78 is 0. The molecule has 0 saturated carbocycles. The van der Waals surface area contributed by atoms with E-state index in [0.29, 0.717) is 10.8 Å². The molecule has 2 nitrogen and oxygen atoms in total. The molecule has 0 radical (unpaired) electrons. The molecule has 13 heavy (non-hydrogen) atoms. The first-order valence-corrected chi connectivity index (χ1v) is 4.20. The van der Waals surface area contributed by atoms with Gasteiger partial charge in [0, 0.05) is 0 Å². The monoisotopic (exact) mass is 196 g/mol. The van der Waals surface area contributed by atoms with Crippen molar-refractivity contribution in [3.8, 4) is 0 Å². The number of hydrogen-bond acceptors (Lipinski definition) is 1. The van der Waals surface area contributed by atoms with Gasteiger partial charge in [0.15, 0.2) is 0 Å². The fourth-order valence-electron chi connectivity index (χ4n) is 0.356. The fraction of sp³-hybridized carbons (Fsp3) is 0.200. The molecule has 0 aliphatic rings. The van der Waals surface area contributed by atoms with Crippen LogP contribution in [0.15, 0.2) is 42.5 Å². The smallest absolute Gasteiger partial charge is 0.127 e. The first-order chi connectivity index (χ1) is 6.08. The number of aliphatic imine (C=N–C) groups is 1. The van der Waals surface area contributed by atoms with Crippen LogP contribution in [0, 0.1) is 0 Å². The lowest BCUT2D eigenvalue weighted by Crippen LogP contribution is -2.06. The van der Waals surface area contributed by atoms with E-state index in [0.717, 1.165) is 0 Å². The number of nitrogens with two attached hydrogens (primary N) is 1. The Morgan fingerprint density at radius 1 is 1.46 bits per heavy atom. The summed E-state index contributed by atoms with van der Waals surface area (Å²) in [6.45, 7) is 10.5. The van der Waals surface area contributed by atoms with Crippen LogP contribution in [0.4, 0.5) is 0 Å². The van der Waals surface area contributed by atoms with Crippen LogP contribution in [-0.4, -0.2) is 10.8 Å². The van der Waals surface area contributed by atoms with Crippen molar-refractivity contribution < 1.29 is 0 Å². The Morgan fingerprint density at radius 2 is 2.00 bits per heavy atom. The Bertz CT molecular complexity index is 223. The lowest BCUT2D eigenvalue weighted by Gasteiger charge is -1.85. The van der Waals surface area contributed by atoms with E-state index < -0.39 is 0 Å². The second-order valence-corrected chi connectivity index (χ2v) is 2.48. The standard InChI is InChI=1S/C5H8N2S.C5H8/c1-3-5(8)7-4(2)6;1-3-5-4-2/h3H,1H2,2H3,(H2,6,7,8);3-5H,1H2,2H3/b;5-4-. The van der Waals surface area contributed by atoms with Crippen LogP contribution in [0.25, 0.3) is 0 Å². The third kappa shape index (κ3) is 18.1. The van der Waals surface area contributed by atoms with Crippen LogP contribution in [0.3, 0.4) is 0 Å². The molecule has 0 saturated heterocycles. The largest absolute Gasteiger partial charge is 0.387 e. The molecule has 0 spiro atoms. The molecule has 2 N–H and O–H groups in total. The molecule has 0 aliphatic heterocycles. The molecule has 0 aromatic heterocycles. The highest BCUT2D eigenvalue weighted by Gasteiger charge is 1.80. The molecular weight excluding hydrogens is 180 g/mol. The Labute approximate surface area is 85.6 Å². The Balaban J connectivity index is 0. The highest BCUT2D eigenvalue weighted by Crippen LogP contribution is 1.79.